The van der Waals surface area contributed by atoms with Gasteiger partial charge in [0, 0.05) is 27.2 Å². The summed E-state index contributed by atoms with van der Waals surface area (Å²) in [5.41, 5.74) is 0. The minimum atomic E-state index is -3.61. The highest BCUT2D eigenvalue weighted by molar-refractivity contribution is 7.87. The van der Waals surface area contributed by atoms with Gasteiger partial charge in [0.1, 0.15) is 0 Å². The number of amides is 1. The van der Waals surface area contributed by atoms with Crippen LogP contribution in [0.4, 0.5) is 0 Å². The second-order valence-electron chi connectivity index (χ2n) is 4.09. The number of ether oxygens (including phenoxy) is 1. The molecule has 1 heterocycles. The fourth-order valence-electron chi connectivity index (χ4n) is 1.52. The van der Waals surface area contributed by atoms with Crippen molar-refractivity contribution in [3.05, 3.63) is 0 Å². The number of hydrogen-bond donors (Lipinski definition) is 1. The van der Waals surface area contributed by atoms with Gasteiger partial charge in [-0.25, -0.2) is 0 Å². The van der Waals surface area contributed by atoms with E-state index in [2.05, 4.69) is 4.72 Å². The van der Waals surface area contributed by atoms with Crippen molar-refractivity contribution < 1.29 is 17.9 Å². The molecule has 7 nitrogen and oxygen atoms in total. The Bertz CT molecular complexity index is 362. The molecule has 0 spiro atoms. The minimum absolute atomic E-state index is 0.276. The molecular weight excluding hydrogens is 246 g/mol. The Balaban J connectivity index is 2.62. The highest BCUT2D eigenvalue weighted by Crippen LogP contribution is 2.04. The first-order valence-corrected chi connectivity index (χ1v) is 6.85. The van der Waals surface area contributed by atoms with Gasteiger partial charge in [-0.05, 0) is 6.92 Å². The van der Waals surface area contributed by atoms with Crippen molar-refractivity contribution in [3.63, 3.8) is 0 Å². The van der Waals surface area contributed by atoms with E-state index >= 15 is 0 Å². The van der Waals surface area contributed by atoms with Crippen LogP contribution < -0.4 is 4.72 Å². The number of morpholine rings is 1. The van der Waals surface area contributed by atoms with Gasteiger partial charge in [0.25, 0.3) is 10.2 Å². The number of nitrogens with one attached hydrogen (secondary N) is 1. The summed E-state index contributed by atoms with van der Waals surface area (Å²) in [5.74, 6) is -0.276. The zero-order valence-corrected chi connectivity index (χ0v) is 11.2. The summed E-state index contributed by atoms with van der Waals surface area (Å²) in [5, 5.41) is 0. The molecular formula is C9H19N3O4S. The number of rotatable bonds is 4. The minimum Gasteiger partial charge on any atom is -0.379 e. The summed E-state index contributed by atoms with van der Waals surface area (Å²) in [7, 11) is -0.435. The van der Waals surface area contributed by atoms with Gasteiger partial charge in [-0.3, -0.25) is 4.79 Å². The maximum absolute atomic E-state index is 11.9. The van der Waals surface area contributed by atoms with E-state index in [-0.39, 0.29) is 5.91 Å². The number of likely N-dealkylation sites (N-methyl/N-ethyl adjacent to an activating group) is 1. The average Bonchev–Trinajstić information content (AvgIpc) is 2.28. The van der Waals surface area contributed by atoms with Crippen LogP contribution in [0, 0.1) is 0 Å². The maximum atomic E-state index is 11.9. The average molecular weight is 265 g/mol. The summed E-state index contributed by atoms with van der Waals surface area (Å²) in [6.07, 6.45) is 0. The van der Waals surface area contributed by atoms with Crippen molar-refractivity contribution in [2.75, 3.05) is 40.4 Å². The van der Waals surface area contributed by atoms with Gasteiger partial charge in [-0.2, -0.15) is 17.4 Å². The third-order valence-electron chi connectivity index (χ3n) is 2.45. The lowest BCUT2D eigenvalue weighted by Gasteiger charge is -2.28. The molecule has 0 aromatic rings. The quantitative estimate of drug-likeness (QED) is 0.680. The van der Waals surface area contributed by atoms with Gasteiger partial charge in [-0.15, -0.1) is 0 Å². The second-order valence-corrected chi connectivity index (χ2v) is 5.79. The molecule has 0 bridgehead atoms. The van der Waals surface area contributed by atoms with Crippen molar-refractivity contribution in [1.29, 1.82) is 0 Å². The molecule has 0 aliphatic carbocycles. The zero-order valence-electron chi connectivity index (χ0n) is 10.3. The van der Waals surface area contributed by atoms with Crippen LogP contribution in [0.15, 0.2) is 0 Å². The van der Waals surface area contributed by atoms with Crippen LogP contribution in [0.5, 0.6) is 0 Å². The second kappa shape index (κ2) is 5.76. The fourth-order valence-corrected chi connectivity index (χ4v) is 2.85. The Kier molecular flexibility index (Phi) is 4.87. The Morgan fingerprint density at radius 2 is 1.88 bits per heavy atom. The van der Waals surface area contributed by atoms with Gasteiger partial charge < -0.3 is 9.64 Å². The summed E-state index contributed by atoms with van der Waals surface area (Å²) in [6, 6.07) is -0.766. The Morgan fingerprint density at radius 3 is 2.35 bits per heavy atom. The van der Waals surface area contributed by atoms with Crippen LogP contribution in [-0.4, -0.2) is 70.0 Å². The fraction of sp³-hybridized carbons (Fsp3) is 0.889. The molecule has 0 aromatic heterocycles. The van der Waals surface area contributed by atoms with E-state index in [1.54, 1.807) is 14.1 Å². The van der Waals surface area contributed by atoms with E-state index in [0.717, 1.165) is 0 Å². The number of hydrogen-bond acceptors (Lipinski definition) is 4. The molecule has 1 saturated heterocycles. The first kappa shape index (κ1) is 14.4. The molecule has 0 radical (unpaired) electrons. The third-order valence-corrected chi connectivity index (χ3v) is 4.14. The van der Waals surface area contributed by atoms with Crippen molar-refractivity contribution >= 4 is 16.1 Å². The number of carbonyl (C=O) groups excluding carboxylic acids is 1. The SMILES string of the molecule is C[C@H](NS(=O)(=O)N1CCOCC1)C(=O)N(C)C. The largest absolute Gasteiger partial charge is 0.379 e. The summed E-state index contributed by atoms with van der Waals surface area (Å²) in [4.78, 5) is 12.9. The van der Waals surface area contributed by atoms with Gasteiger partial charge >= 0.3 is 0 Å². The molecule has 1 rings (SSSR count). The molecule has 0 saturated carbocycles. The molecule has 1 fully saturated rings. The topological polar surface area (TPSA) is 79.0 Å². The number of carbonyl (C=O) groups is 1. The van der Waals surface area contributed by atoms with Gasteiger partial charge in [-0.1, -0.05) is 0 Å². The van der Waals surface area contributed by atoms with Crippen LogP contribution >= 0.6 is 0 Å². The predicted octanol–water partition coefficient (Wildman–Crippen LogP) is -1.37. The highest BCUT2D eigenvalue weighted by Gasteiger charge is 2.28. The molecule has 17 heavy (non-hydrogen) atoms. The standard InChI is InChI=1S/C9H19N3O4S/c1-8(9(13)11(2)3)10-17(14,15)12-4-6-16-7-5-12/h8,10H,4-7H2,1-3H3/t8-/m0/s1. The molecule has 100 valence electrons. The van der Waals surface area contributed by atoms with Gasteiger partial charge in [0.05, 0.1) is 19.3 Å². The smallest absolute Gasteiger partial charge is 0.280 e. The Morgan fingerprint density at radius 1 is 1.35 bits per heavy atom. The van der Waals surface area contributed by atoms with Crippen molar-refractivity contribution in [2.45, 2.75) is 13.0 Å². The van der Waals surface area contributed by atoms with E-state index in [1.807, 2.05) is 0 Å². The van der Waals surface area contributed by atoms with E-state index in [1.165, 1.54) is 16.1 Å². The van der Waals surface area contributed by atoms with Crippen LogP contribution in [-0.2, 0) is 19.7 Å². The van der Waals surface area contributed by atoms with Crippen molar-refractivity contribution in [3.8, 4) is 0 Å². The van der Waals surface area contributed by atoms with E-state index in [0.29, 0.717) is 26.3 Å². The monoisotopic (exact) mass is 265 g/mol. The first-order chi connectivity index (χ1) is 7.84. The van der Waals surface area contributed by atoms with Gasteiger partial charge in [0.2, 0.25) is 5.91 Å². The zero-order chi connectivity index (χ0) is 13.1. The highest BCUT2D eigenvalue weighted by atomic mass is 32.2. The molecule has 1 atom stereocenters. The van der Waals surface area contributed by atoms with Crippen LogP contribution in [0.2, 0.25) is 0 Å². The Labute approximate surface area is 102 Å². The van der Waals surface area contributed by atoms with E-state index < -0.39 is 16.3 Å². The summed E-state index contributed by atoms with van der Waals surface area (Å²) >= 11 is 0. The van der Waals surface area contributed by atoms with Crippen LogP contribution in [0.25, 0.3) is 0 Å². The predicted molar refractivity (Wildman–Crippen MR) is 62.6 cm³/mol. The van der Waals surface area contributed by atoms with Crippen LogP contribution in [0.3, 0.4) is 0 Å². The Hall–Kier alpha value is -0.700. The normalized spacial score (nSPS) is 19.9. The lowest BCUT2D eigenvalue weighted by molar-refractivity contribution is -0.130. The third kappa shape index (κ3) is 3.91. The summed E-state index contributed by atoms with van der Waals surface area (Å²) in [6.45, 7) is 2.94. The lowest BCUT2D eigenvalue weighted by atomic mass is 10.3. The lowest BCUT2D eigenvalue weighted by Crippen LogP contribution is -2.52. The molecule has 1 aliphatic rings. The van der Waals surface area contributed by atoms with Gasteiger partial charge in [0.15, 0.2) is 0 Å². The van der Waals surface area contributed by atoms with E-state index in [9.17, 15) is 13.2 Å². The first-order valence-electron chi connectivity index (χ1n) is 5.41. The van der Waals surface area contributed by atoms with Crippen molar-refractivity contribution in [1.82, 2.24) is 13.9 Å². The van der Waals surface area contributed by atoms with Crippen molar-refractivity contribution in [2.24, 2.45) is 0 Å². The molecule has 0 unspecified atom stereocenters. The molecule has 8 heteroatoms. The molecule has 1 N–H and O–H groups in total. The summed E-state index contributed by atoms with van der Waals surface area (Å²) < 4.78 is 32.5. The number of nitrogens with zero attached hydrogens (tertiary/aromatic N) is 2. The van der Waals surface area contributed by atoms with Crippen LogP contribution in [0.1, 0.15) is 6.92 Å². The molecule has 1 aliphatic heterocycles. The molecule has 1 amide bonds. The van der Waals surface area contributed by atoms with E-state index in [4.69, 9.17) is 4.74 Å². The molecule has 0 aromatic carbocycles. The maximum Gasteiger partial charge on any atom is 0.280 e.